The van der Waals surface area contributed by atoms with Crippen LogP contribution in [0.25, 0.3) is 6.08 Å². The normalized spacial score (nSPS) is 13.4. The van der Waals surface area contributed by atoms with Crippen LogP contribution in [-0.4, -0.2) is 30.2 Å². The van der Waals surface area contributed by atoms with Crippen molar-refractivity contribution in [2.75, 3.05) is 13.7 Å². The Morgan fingerprint density at radius 2 is 1.81 bits per heavy atom. The quantitative estimate of drug-likeness (QED) is 0.235. The first kappa shape index (κ1) is 20.8. The molecule has 8 nitrogen and oxygen atoms in total. The minimum absolute atomic E-state index is 0.0481. The van der Waals surface area contributed by atoms with E-state index in [0.717, 1.165) is 0 Å². The average molecular weight is 431 g/mol. The van der Waals surface area contributed by atoms with E-state index in [4.69, 9.17) is 14.2 Å². The maximum atomic E-state index is 12.6. The number of ketones is 2. The second-order valence-corrected chi connectivity index (χ2v) is 6.89. The van der Waals surface area contributed by atoms with Gasteiger partial charge in [0, 0.05) is 23.8 Å². The van der Waals surface area contributed by atoms with Crippen molar-refractivity contribution in [2.45, 2.75) is 0 Å². The number of rotatable bonds is 7. The first-order valence-electron chi connectivity index (χ1n) is 9.57. The summed E-state index contributed by atoms with van der Waals surface area (Å²) in [5.74, 6) is 0.809. The Bertz CT molecular complexity index is 1250. The molecule has 0 amide bonds. The number of Topliss-reactive ketones (excluding diaryl/α,β-unsaturated/α-hetero) is 2. The molecule has 0 unspecified atom stereocenters. The molecule has 1 aliphatic rings. The smallest absolute Gasteiger partial charge is 0.270 e. The van der Waals surface area contributed by atoms with E-state index in [2.05, 4.69) is 0 Å². The molecule has 0 aromatic heterocycles. The number of benzene rings is 3. The number of nitro benzene ring substituents is 1. The first-order valence-corrected chi connectivity index (χ1v) is 9.57. The zero-order chi connectivity index (χ0) is 22.7. The number of fused-ring (bicyclic) bond motifs is 1. The number of allylic oxidation sites excluding steroid dienone is 1. The topological polar surface area (TPSA) is 105 Å². The van der Waals surface area contributed by atoms with Gasteiger partial charge in [-0.15, -0.1) is 0 Å². The molecular weight excluding hydrogens is 414 g/mol. The average Bonchev–Trinajstić information content (AvgIpc) is 3.12. The fourth-order valence-corrected chi connectivity index (χ4v) is 3.15. The zero-order valence-electron chi connectivity index (χ0n) is 16.9. The Hall–Kier alpha value is -4.46. The van der Waals surface area contributed by atoms with Crippen molar-refractivity contribution in [1.29, 1.82) is 0 Å². The van der Waals surface area contributed by atoms with Gasteiger partial charge in [-0.3, -0.25) is 19.7 Å². The standard InChI is InChI=1S/C24H17NO7/c1-30-18-7-5-16(6-8-18)21(26)14-31-19-9-10-20-22(13-19)32-23(24(20)27)12-15-3-2-4-17(11-15)25(28)29/h2-13H,14H2,1H3. The van der Waals surface area contributed by atoms with E-state index in [1.54, 1.807) is 49.6 Å². The third-order valence-corrected chi connectivity index (χ3v) is 4.80. The van der Waals surface area contributed by atoms with E-state index in [1.807, 2.05) is 0 Å². The van der Waals surface area contributed by atoms with Crippen LogP contribution >= 0.6 is 0 Å². The van der Waals surface area contributed by atoms with Gasteiger partial charge in [0.15, 0.2) is 18.1 Å². The van der Waals surface area contributed by atoms with E-state index in [-0.39, 0.29) is 29.6 Å². The van der Waals surface area contributed by atoms with Gasteiger partial charge >= 0.3 is 0 Å². The molecule has 0 N–H and O–H groups in total. The molecule has 8 heteroatoms. The molecule has 1 heterocycles. The SMILES string of the molecule is COc1ccc(C(=O)COc2ccc3c(c2)OC(=Cc2cccc([N+](=O)[O-])c2)C3=O)cc1. The second kappa shape index (κ2) is 8.73. The number of hydrogen-bond acceptors (Lipinski definition) is 7. The molecule has 1 aliphatic heterocycles. The minimum atomic E-state index is -0.509. The van der Waals surface area contributed by atoms with Gasteiger partial charge in [-0.1, -0.05) is 12.1 Å². The minimum Gasteiger partial charge on any atom is -0.497 e. The maximum Gasteiger partial charge on any atom is 0.270 e. The van der Waals surface area contributed by atoms with E-state index in [0.29, 0.717) is 33.9 Å². The molecule has 0 spiro atoms. The largest absolute Gasteiger partial charge is 0.497 e. The molecule has 32 heavy (non-hydrogen) atoms. The monoisotopic (exact) mass is 431 g/mol. The number of hydrogen-bond donors (Lipinski definition) is 0. The van der Waals surface area contributed by atoms with E-state index in [1.165, 1.54) is 30.3 Å². The van der Waals surface area contributed by atoms with Gasteiger partial charge in [-0.25, -0.2) is 0 Å². The number of carbonyl (C=O) groups is 2. The van der Waals surface area contributed by atoms with E-state index in [9.17, 15) is 19.7 Å². The zero-order valence-corrected chi connectivity index (χ0v) is 16.9. The highest BCUT2D eigenvalue weighted by Crippen LogP contribution is 2.35. The number of ether oxygens (including phenoxy) is 3. The molecule has 0 aliphatic carbocycles. The lowest BCUT2D eigenvalue weighted by molar-refractivity contribution is -0.384. The molecule has 3 aromatic carbocycles. The third kappa shape index (κ3) is 4.34. The molecule has 0 radical (unpaired) electrons. The molecule has 0 saturated heterocycles. The Labute approximate surface area is 182 Å². The van der Waals surface area contributed by atoms with Crippen LogP contribution < -0.4 is 14.2 Å². The van der Waals surface area contributed by atoms with Crippen LogP contribution in [0.4, 0.5) is 5.69 Å². The van der Waals surface area contributed by atoms with Gasteiger partial charge in [-0.2, -0.15) is 0 Å². The lowest BCUT2D eigenvalue weighted by atomic mass is 10.1. The maximum absolute atomic E-state index is 12.6. The van der Waals surface area contributed by atoms with E-state index >= 15 is 0 Å². The van der Waals surface area contributed by atoms with Crippen LogP contribution in [0, 0.1) is 10.1 Å². The van der Waals surface area contributed by atoms with Crippen LogP contribution in [0.1, 0.15) is 26.3 Å². The highest BCUT2D eigenvalue weighted by atomic mass is 16.6. The van der Waals surface area contributed by atoms with Gasteiger partial charge in [0.2, 0.25) is 5.78 Å². The molecule has 0 bridgehead atoms. The summed E-state index contributed by atoms with van der Waals surface area (Å²) in [7, 11) is 1.55. The summed E-state index contributed by atoms with van der Waals surface area (Å²) < 4.78 is 16.3. The van der Waals surface area contributed by atoms with Gasteiger partial charge in [-0.05, 0) is 48.0 Å². The lowest BCUT2D eigenvalue weighted by Gasteiger charge is -2.07. The summed E-state index contributed by atoms with van der Waals surface area (Å²) in [6, 6.07) is 17.2. The number of methoxy groups -OCH3 is 1. The van der Waals surface area contributed by atoms with E-state index < -0.39 is 4.92 Å². The molecule has 4 rings (SSSR count). The van der Waals surface area contributed by atoms with Crippen molar-refractivity contribution in [2.24, 2.45) is 0 Å². The summed E-state index contributed by atoms with van der Waals surface area (Å²) >= 11 is 0. The van der Waals surface area contributed by atoms with Gasteiger partial charge in [0.1, 0.15) is 17.2 Å². The number of nitro groups is 1. The fourth-order valence-electron chi connectivity index (χ4n) is 3.15. The molecule has 0 saturated carbocycles. The van der Waals surface area contributed by atoms with Crippen LogP contribution in [0.2, 0.25) is 0 Å². The van der Waals surface area contributed by atoms with Gasteiger partial charge in [0.05, 0.1) is 17.6 Å². The van der Waals surface area contributed by atoms with Crippen molar-refractivity contribution in [3.63, 3.8) is 0 Å². The van der Waals surface area contributed by atoms with Crippen LogP contribution in [-0.2, 0) is 0 Å². The Morgan fingerprint density at radius 1 is 1.06 bits per heavy atom. The van der Waals surface area contributed by atoms with Crippen LogP contribution in [0.3, 0.4) is 0 Å². The van der Waals surface area contributed by atoms with Crippen LogP contribution in [0.5, 0.6) is 17.2 Å². The summed E-state index contributed by atoms with van der Waals surface area (Å²) in [6.45, 7) is -0.185. The van der Waals surface area contributed by atoms with Crippen molar-refractivity contribution in [3.8, 4) is 17.2 Å². The molecule has 160 valence electrons. The Balaban J connectivity index is 1.46. The predicted molar refractivity (Wildman–Crippen MR) is 115 cm³/mol. The van der Waals surface area contributed by atoms with Crippen molar-refractivity contribution < 1.29 is 28.7 Å². The summed E-state index contributed by atoms with van der Waals surface area (Å²) in [4.78, 5) is 35.4. The number of carbonyl (C=O) groups excluding carboxylic acids is 2. The Kier molecular flexibility index (Phi) is 5.67. The van der Waals surface area contributed by atoms with Gasteiger partial charge < -0.3 is 14.2 Å². The van der Waals surface area contributed by atoms with Crippen molar-refractivity contribution in [3.05, 3.63) is 99.3 Å². The fraction of sp³-hybridized carbons (Fsp3) is 0.0833. The molecular formula is C24H17NO7. The summed E-state index contributed by atoms with van der Waals surface area (Å²) in [5, 5.41) is 10.9. The first-order chi connectivity index (χ1) is 15.4. The Morgan fingerprint density at radius 3 is 2.53 bits per heavy atom. The number of nitrogens with zero attached hydrogens (tertiary/aromatic N) is 1. The molecule has 0 fully saturated rings. The lowest BCUT2D eigenvalue weighted by Crippen LogP contribution is -2.11. The van der Waals surface area contributed by atoms with Crippen molar-refractivity contribution >= 4 is 23.3 Å². The summed E-state index contributed by atoms with van der Waals surface area (Å²) in [6.07, 6.45) is 1.45. The van der Waals surface area contributed by atoms with Gasteiger partial charge in [0.25, 0.3) is 5.69 Å². The molecule has 3 aromatic rings. The summed E-state index contributed by atoms with van der Waals surface area (Å²) in [5.41, 5.74) is 1.22. The van der Waals surface area contributed by atoms with Crippen LogP contribution in [0.15, 0.2) is 72.5 Å². The van der Waals surface area contributed by atoms with Crippen molar-refractivity contribution in [1.82, 2.24) is 0 Å². The third-order valence-electron chi connectivity index (χ3n) is 4.80. The number of non-ortho nitro benzene ring substituents is 1. The highest BCUT2D eigenvalue weighted by molar-refractivity contribution is 6.14. The second-order valence-electron chi connectivity index (χ2n) is 6.89. The highest BCUT2D eigenvalue weighted by Gasteiger charge is 2.28. The predicted octanol–water partition coefficient (Wildman–Crippen LogP) is 4.48. The molecule has 0 atom stereocenters.